The van der Waals surface area contributed by atoms with Gasteiger partial charge in [-0.3, -0.25) is 14.6 Å². The zero-order valence-corrected chi connectivity index (χ0v) is 18.3. The smallest absolute Gasteiger partial charge is 0.251 e. The number of guanidine groups is 1. The molecule has 0 bridgehead atoms. The number of hydrogen-bond acceptors (Lipinski definition) is 3. The van der Waals surface area contributed by atoms with Crippen LogP contribution >= 0.6 is 24.0 Å². The lowest BCUT2D eigenvalue weighted by molar-refractivity contribution is 0.0961. The predicted molar refractivity (Wildman–Crippen MR) is 122 cm³/mol. The van der Waals surface area contributed by atoms with Crippen LogP contribution < -0.4 is 21.7 Å². The number of aliphatic imine (C=N–C) groups is 1. The van der Waals surface area contributed by atoms with Gasteiger partial charge < -0.3 is 21.7 Å². The summed E-state index contributed by atoms with van der Waals surface area (Å²) in [4.78, 5) is 27.1. The van der Waals surface area contributed by atoms with Gasteiger partial charge in [-0.25, -0.2) is 0 Å². The monoisotopic (exact) mass is 495 g/mol. The molecule has 0 saturated carbocycles. The van der Waals surface area contributed by atoms with Gasteiger partial charge >= 0.3 is 0 Å². The van der Waals surface area contributed by atoms with E-state index >= 15 is 0 Å². The van der Waals surface area contributed by atoms with E-state index in [1.165, 1.54) is 0 Å². The Morgan fingerprint density at radius 1 is 1.00 bits per heavy atom. The van der Waals surface area contributed by atoms with Crippen LogP contribution in [-0.2, 0) is 13.0 Å². The molecule has 7 nitrogen and oxygen atoms in total. The van der Waals surface area contributed by atoms with Crippen LogP contribution in [0.2, 0.25) is 0 Å². The first kappa shape index (κ1) is 23.4. The molecule has 2 amide bonds. The first-order valence-electron chi connectivity index (χ1n) is 8.67. The molecule has 0 aliphatic carbocycles. The van der Waals surface area contributed by atoms with Gasteiger partial charge in [0.2, 0.25) is 5.91 Å². The maximum absolute atomic E-state index is 11.7. The van der Waals surface area contributed by atoms with Crippen molar-refractivity contribution in [2.45, 2.75) is 13.0 Å². The number of carbonyl (C=O) groups excluding carboxylic acids is 2. The first-order valence-corrected chi connectivity index (χ1v) is 8.67. The lowest BCUT2D eigenvalue weighted by atomic mass is 10.1. The van der Waals surface area contributed by atoms with Crippen molar-refractivity contribution in [3.8, 4) is 0 Å². The van der Waals surface area contributed by atoms with E-state index < -0.39 is 5.91 Å². The summed E-state index contributed by atoms with van der Waals surface area (Å²) in [5, 5.41) is 9.06. The molecule has 0 unspecified atom stereocenters. The second kappa shape index (κ2) is 12.0. The highest BCUT2D eigenvalue weighted by molar-refractivity contribution is 14.0. The molecule has 2 aromatic carbocycles. The second-order valence-electron chi connectivity index (χ2n) is 5.95. The number of benzene rings is 2. The highest BCUT2D eigenvalue weighted by atomic mass is 127. The van der Waals surface area contributed by atoms with Gasteiger partial charge in [0, 0.05) is 38.3 Å². The molecule has 150 valence electrons. The average Bonchev–Trinajstić information content (AvgIpc) is 2.70. The van der Waals surface area contributed by atoms with Crippen molar-refractivity contribution < 1.29 is 9.59 Å². The van der Waals surface area contributed by atoms with Crippen molar-refractivity contribution in [1.82, 2.24) is 16.0 Å². The van der Waals surface area contributed by atoms with Crippen LogP contribution in [0.25, 0.3) is 0 Å². The number of hydrogen-bond donors (Lipinski definition) is 4. The Labute approximate surface area is 182 Å². The van der Waals surface area contributed by atoms with Crippen LogP contribution in [0.1, 0.15) is 31.8 Å². The largest absolute Gasteiger partial charge is 0.366 e. The van der Waals surface area contributed by atoms with Gasteiger partial charge in [0.15, 0.2) is 5.96 Å². The third kappa shape index (κ3) is 7.18. The molecule has 0 fully saturated rings. The number of nitrogens with zero attached hydrogens (tertiary/aromatic N) is 1. The van der Waals surface area contributed by atoms with E-state index in [1.807, 2.05) is 24.3 Å². The normalized spacial score (nSPS) is 10.6. The maximum atomic E-state index is 11.7. The first-order chi connectivity index (χ1) is 13.0. The molecule has 2 rings (SSSR count). The zero-order chi connectivity index (χ0) is 19.6. The van der Waals surface area contributed by atoms with Gasteiger partial charge in [-0.2, -0.15) is 0 Å². The Morgan fingerprint density at radius 3 is 2.29 bits per heavy atom. The van der Waals surface area contributed by atoms with E-state index in [-0.39, 0.29) is 29.9 Å². The average molecular weight is 495 g/mol. The predicted octanol–water partition coefficient (Wildman–Crippen LogP) is 1.67. The van der Waals surface area contributed by atoms with Crippen LogP contribution in [0.3, 0.4) is 0 Å². The minimum atomic E-state index is -0.446. The Hall–Kier alpha value is -2.62. The third-order valence-electron chi connectivity index (χ3n) is 4.02. The Morgan fingerprint density at radius 2 is 1.64 bits per heavy atom. The summed E-state index contributed by atoms with van der Waals surface area (Å²) >= 11 is 0. The molecule has 28 heavy (non-hydrogen) atoms. The molecule has 0 spiro atoms. The van der Waals surface area contributed by atoms with Gasteiger partial charge in [0.25, 0.3) is 5.91 Å². The zero-order valence-electron chi connectivity index (χ0n) is 16.0. The fraction of sp³-hybridized carbons (Fsp3) is 0.250. The topological polar surface area (TPSA) is 109 Å². The quantitative estimate of drug-likeness (QED) is 0.266. The van der Waals surface area contributed by atoms with Crippen molar-refractivity contribution in [2.24, 2.45) is 10.7 Å². The van der Waals surface area contributed by atoms with Crippen molar-refractivity contribution in [3.05, 3.63) is 70.8 Å². The molecule has 0 saturated heterocycles. The number of nitrogens with two attached hydrogens (primary N) is 1. The van der Waals surface area contributed by atoms with Crippen molar-refractivity contribution >= 4 is 41.8 Å². The molecule has 0 radical (unpaired) electrons. The fourth-order valence-electron chi connectivity index (χ4n) is 2.58. The Bertz CT molecular complexity index is 839. The lowest BCUT2D eigenvalue weighted by Crippen LogP contribution is -2.37. The number of halogens is 1. The van der Waals surface area contributed by atoms with Crippen molar-refractivity contribution in [1.29, 1.82) is 0 Å². The summed E-state index contributed by atoms with van der Waals surface area (Å²) in [6, 6.07) is 14.7. The fourth-order valence-corrected chi connectivity index (χ4v) is 2.58. The SMILES string of the molecule is CN=C(NCCc1cccc(C(=O)NC)c1)NCc1cccc(C(N)=O)c1.I. The van der Waals surface area contributed by atoms with Gasteiger partial charge in [0.05, 0.1) is 0 Å². The third-order valence-corrected chi connectivity index (χ3v) is 4.02. The van der Waals surface area contributed by atoms with E-state index in [4.69, 9.17) is 5.73 Å². The van der Waals surface area contributed by atoms with Crippen molar-refractivity contribution in [3.63, 3.8) is 0 Å². The molecule has 0 atom stereocenters. The van der Waals surface area contributed by atoms with Crippen LogP contribution in [0.5, 0.6) is 0 Å². The summed E-state index contributed by atoms with van der Waals surface area (Å²) < 4.78 is 0. The summed E-state index contributed by atoms with van der Waals surface area (Å²) in [6.07, 6.45) is 0.753. The summed E-state index contributed by atoms with van der Waals surface area (Å²) in [7, 11) is 3.31. The summed E-state index contributed by atoms with van der Waals surface area (Å²) in [5.41, 5.74) is 8.43. The van der Waals surface area contributed by atoms with E-state index in [1.54, 1.807) is 38.4 Å². The van der Waals surface area contributed by atoms with E-state index in [2.05, 4.69) is 20.9 Å². The van der Waals surface area contributed by atoms with Gasteiger partial charge in [-0.05, 0) is 41.8 Å². The second-order valence-corrected chi connectivity index (χ2v) is 5.95. The van der Waals surface area contributed by atoms with Gasteiger partial charge in [-0.15, -0.1) is 24.0 Å². The van der Waals surface area contributed by atoms with E-state index in [9.17, 15) is 9.59 Å². The number of carbonyl (C=O) groups is 2. The molecule has 0 aromatic heterocycles. The highest BCUT2D eigenvalue weighted by Gasteiger charge is 2.05. The van der Waals surface area contributed by atoms with Crippen molar-refractivity contribution in [2.75, 3.05) is 20.6 Å². The molecule has 0 aliphatic heterocycles. The minimum absolute atomic E-state index is 0. The summed E-state index contributed by atoms with van der Waals surface area (Å²) in [6.45, 7) is 1.19. The molecular weight excluding hydrogens is 469 g/mol. The van der Waals surface area contributed by atoms with E-state index in [0.717, 1.165) is 17.5 Å². The molecule has 2 aromatic rings. The van der Waals surface area contributed by atoms with Crippen LogP contribution in [0.4, 0.5) is 0 Å². The Kier molecular flexibility index (Phi) is 10.0. The van der Waals surface area contributed by atoms with E-state index in [0.29, 0.717) is 30.2 Å². The number of primary amides is 1. The van der Waals surface area contributed by atoms with Crippen LogP contribution in [0, 0.1) is 0 Å². The molecular formula is C20H26IN5O2. The standard InChI is InChI=1S/C20H25N5O2.HI/c1-22-19(27)17-8-3-5-14(11-17)9-10-24-20(23-2)25-13-15-6-4-7-16(12-15)18(21)26;/h3-8,11-12H,9-10,13H2,1-2H3,(H2,21,26)(H,22,27)(H2,23,24,25);1H. The summed E-state index contributed by atoms with van der Waals surface area (Å²) in [5.74, 6) is 0.112. The van der Waals surface area contributed by atoms with Crippen LogP contribution in [-0.4, -0.2) is 38.4 Å². The molecule has 8 heteroatoms. The Balaban J connectivity index is 0.00000392. The molecule has 0 heterocycles. The number of amides is 2. The molecule has 0 aliphatic rings. The maximum Gasteiger partial charge on any atom is 0.251 e. The number of rotatable bonds is 7. The lowest BCUT2D eigenvalue weighted by Gasteiger charge is -2.12. The molecule has 5 N–H and O–H groups in total. The van der Waals surface area contributed by atoms with Gasteiger partial charge in [0.1, 0.15) is 0 Å². The van der Waals surface area contributed by atoms with Gasteiger partial charge in [-0.1, -0.05) is 24.3 Å². The number of nitrogens with one attached hydrogen (secondary N) is 3. The highest BCUT2D eigenvalue weighted by Crippen LogP contribution is 2.06. The minimum Gasteiger partial charge on any atom is -0.366 e. The van der Waals surface area contributed by atoms with Crippen LogP contribution in [0.15, 0.2) is 53.5 Å².